The Morgan fingerprint density at radius 2 is 1.91 bits per heavy atom. The zero-order valence-corrected chi connectivity index (χ0v) is 13.7. The predicted octanol–water partition coefficient (Wildman–Crippen LogP) is 2.85. The molecule has 3 nitrogen and oxygen atoms in total. The van der Waals surface area contributed by atoms with Gasteiger partial charge in [0.1, 0.15) is 0 Å². The van der Waals surface area contributed by atoms with E-state index in [9.17, 15) is 15.0 Å². The van der Waals surface area contributed by atoms with E-state index in [1.165, 1.54) is 5.57 Å². The molecule has 0 aliphatic heterocycles. The second kappa shape index (κ2) is 4.67. The number of hydrogen-bond donors (Lipinski definition) is 2. The highest BCUT2D eigenvalue weighted by atomic mass is 16.3. The fraction of sp³-hybridized carbons (Fsp3) is 0.842. The minimum atomic E-state index is -0.938. The van der Waals surface area contributed by atoms with Gasteiger partial charge in [-0.1, -0.05) is 12.5 Å². The van der Waals surface area contributed by atoms with Gasteiger partial charge in [-0.05, 0) is 80.6 Å². The zero-order chi connectivity index (χ0) is 15.7. The Kier molecular flexibility index (Phi) is 3.16. The van der Waals surface area contributed by atoms with Gasteiger partial charge in [-0.3, -0.25) is 4.79 Å². The first-order valence-corrected chi connectivity index (χ1v) is 8.97. The molecule has 0 spiro atoms. The van der Waals surface area contributed by atoms with Gasteiger partial charge in [-0.2, -0.15) is 0 Å². The lowest BCUT2D eigenvalue weighted by atomic mass is 9.52. The molecule has 3 heteroatoms. The fourth-order valence-corrected chi connectivity index (χ4v) is 6.52. The Labute approximate surface area is 132 Å². The maximum absolute atomic E-state index is 11.7. The van der Waals surface area contributed by atoms with Gasteiger partial charge in [0.15, 0.2) is 5.78 Å². The van der Waals surface area contributed by atoms with Crippen molar-refractivity contribution in [1.29, 1.82) is 0 Å². The predicted molar refractivity (Wildman–Crippen MR) is 84.1 cm³/mol. The Morgan fingerprint density at radius 3 is 2.68 bits per heavy atom. The smallest absolute Gasteiger partial charge is 0.155 e. The minimum absolute atomic E-state index is 0.129. The molecule has 0 aromatic rings. The highest BCUT2D eigenvalue weighted by molar-refractivity contribution is 5.91. The van der Waals surface area contributed by atoms with E-state index in [4.69, 9.17) is 0 Å². The molecule has 3 fully saturated rings. The van der Waals surface area contributed by atoms with Gasteiger partial charge in [0, 0.05) is 6.42 Å². The monoisotopic (exact) mass is 304 g/mol. The van der Waals surface area contributed by atoms with E-state index in [-0.39, 0.29) is 5.41 Å². The van der Waals surface area contributed by atoms with Crippen molar-refractivity contribution in [3.05, 3.63) is 11.6 Å². The summed E-state index contributed by atoms with van der Waals surface area (Å²) in [5.74, 6) is 2.59. The standard InChI is InChI=1S/C19H28O3/c1-18-8-7-14-13-6-4-12(20)9-11(13)3-5-15(14)16(18)10-19(2,22)17(18)21/h9,13-17,21-22H,3-8,10H2,1-2H3/t13?,14?,15?,16?,17-,18?,19+/m1/s1. The summed E-state index contributed by atoms with van der Waals surface area (Å²) in [5.41, 5.74) is 0.329. The molecule has 4 rings (SSSR count). The van der Waals surface area contributed by atoms with Crippen molar-refractivity contribution in [2.75, 3.05) is 0 Å². The summed E-state index contributed by atoms with van der Waals surface area (Å²) < 4.78 is 0. The van der Waals surface area contributed by atoms with Gasteiger partial charge in [0.25, 0.3) is 0 Å². The first-order chi connectivity index (χ1) is 10.3. The molecule has 3 saturated carbocycles. The van der Waals surface area contributed by atoms with Crippen molar-refractivity contribution in [3.8, 4) is 0 Å². The number of aliphatic hydroxyl groups excluding tert-OH is 1. The quantitative estimate of drug-likeness (QED) is 0.723. The molecule has 0 amide bonds. The summed E-state index contributed by atoms with van der Waals surface area (Å²) in [4.78, 5) is 11.7. The van der Waals surface area contributed by atoms with E-state index in [0.717, 1.165) is 38.5 Å². The van der Waals surface area contributed by atoms with Crippen molar-refractivity contribution < 1.29 is 15.0 Å². The normalized spacial score (nSPS) is 54.3. The molecule has 0 aromatic carbocycles. The van der Waals surface area contributed by atoms with Gasteiger partial charge in [0.2, 0.25) is 0 Å². The Balaban J connectivity index is 1.65. The molecule has 0 bridgehead atoms. The van der Waals surface area contributed by atoms with Gasteiger partial charge < -0.3 is 10.2 Å². The van der Waals surface area contributed by atoms with E-state index in [1.807, 2.05) is 13.0 Å². The summed E-state index contributed by atoms with van der Waals surface area (Å²) >= 11 is 0. The summed E-state index contributed by atoms with van der Waals surface area (Å²) in [7, 11) is 0. The largest absolute Gasteiger partial charge is 0.390 e. The summed E-state index contributed by atoms with van der Waals surface area (Å²) in [6.45, 7) is 4.00. The van der Waals surface area contributed by atoms with Crippen LogP contribution in [-0.4, -0.2) is 27.7 Å². The molecule has 5 unspecified atom stereocenters. The fourth-order valence-electron chi connectivity index (χ4n) is 6.52. The Hall–Kier alpha value is -0.670. The molecule has 22 heavy (non-hydrogen) atoms. The molecule has 122 valence electrons. The van der Waals surface area contributed by atoms with E-state index in [0.29, 0.717) is 35.9 Å². The lowest BCUT2D eigenvalue weighted by molar-refractivity contribution is -0.116. The number of fused-ring (bicyclic) bond motifs is 5. The third kappa shape index (κ3) is 1.91. The number of aliphatic hydroxyl groups is 2. The highest BCUT2D eigenvalue weighted by Gasteiger charge is 2.62. The maximum Gasteiger partial charge on any atom is 0.155 e. The molecule has 4 aliphatic carbocycles. The lowest BCUT2D eigenvalue weighted by Gasteiger charge is -2.53. The van der Waals surface area contributed by atoms with Gasteiger partial charge in [-0.15, -0.1) is 0 Å². The van der Waals surface area contributed by atoms with Crippen LogP contribution >= 0.6 is 0 Å². The molecule has 2 N–H and O–H groups in total. The molecule has 0 saturated heterocycles. The number of allylic oxidation sites excluding steroid dienone is 1. The van der Waals surface area contributed by atoms with Crippen LogP contribution in [0, 0.1) is 29.1 Å². The Morgan fingerprint density at radius 1 is 1.14 bits per heavy atom. The van der Waals surface area contributed by atoms with Crippen molar-refractivity contribution in [1.82, 2.24) is 0 Å². The summed E-state index contributed by atoms with van der Waals surface area (Å²) in [5, 5.41) is 21.3. The third-order valence-corrected chi connectivity index (χ3v) is 7.58. The van der Waals surface area contributed by atoms with Crippen LogP contribution in [0.2, 0.25) is 0 Å². The van der Waals surface area contributed by atoms with E-state index >= 15 is 0 Å². The van der Waals surface area contributed by atoms with Crippen LogP contribution < -0.4 is 0 Å². The second-order valence-electron chi connectivity index (χ2n) is 8.81. The average molecular weight is 304 g/mol. The van der Waals surface area contributed by atoms with Crippen LogP contribution in [-0.2, 0) is 4.79 Å². The van der Waals surface area contributed by atoms with Crippen LogP contribution in [0.3, 0.4) is 0 Å². The summed E-state index contributed by atoms with van der Waals surface area (Å²) in [6.07, 6.45) is 8.11. The molecule has 0 radical (unpaired) electrons. The van der Waals surface area contributed by atoms with Gasteiger partial charge in [-0.25, -0.2) is 0 Å². The SMILES string of the molecule is CC12CCC3C4CCC(=O)C=C4CCC3C1C[C@](C)(O)[C@@H]2O. The van der Waals surface area contributed by atoms with Crippen LogP contribution in [0.15, 0.2) is 11.6 Å². The minimum Gasteiger partial charge on any atom is -0.390 e. The first-order valence-electron chi connectivity index (χ1n) is 8.97. The van der Waals surface area contributed by atoms with E-state index in [1.54, 1.807) is 0 Å². The van der Waals surface area contributed by atoms with Crippen LogP contribution in [0.25, 0.3) is 0 Å². The average Bonchev–Trinajstić information content (AvgIpc) is 2.66. The van der Waals surface area contributed by atoms with Crippen molar-refractivity contribution in [2.24, 2.45) is 29.1 Å². The highest BCUT2D eigenvalue weighted by Crippen LogP contribution is 2.63. The topological polar surface area (TPSA) is 57.5 Å². The number of ketones is 1. The molecule has 0 heterocycles. The van der Waals surface area contributed by atoms with Crippen molar-refractivity contribution in [2.45, 2.75) is 70.5 Å². The van der Waals surface area contributed by atoms with Crippen molar-refractivity contribution >= 4 is 5.78 Å². The number of carbonyl (C=O) groups is 1. The molecular formula is C19H28O3. The number of hydrogen-bond acceptors (Lipinski definition) is 3. The van der Waals surface area contributed by atoms with E-state index < -0.39 is 11.7 Å². The lowest BCUT2D eigenvalue weighted by Crippen LogP contribution is -2.49. The molecular weight excluding hydrogens is 276 g/mol. The van der Waals surface area contributed by atoms with Crippen molar-refractivity contribution in [3.63, 3.8) is 0 Å². The van der Waals surface area contributed by atoms with Crippen LogP contribution in [0.1, 0.15) is 58.8 Å². The van der Waals surface area contributed by atoms with E-state index in [2.05, 4.69) is 6.92 Å². The molecule has 4 aliphatic rings. The third-order valence-electron chi connectivity index (χ3n) is 7.58. The van der Waals surface area contributed by atoms with Crippen LogP contribution in [0.5, 0.6) is 0 Å². The first kappa shape index (κ1) is 14.9. The van der Waals surface area contributed by atoms with Gasteiger partial charge >= 0.3 is 0 Å². The zero-order valence-electron chi connectivity index (χ0n) is 13.7. The van der Waals surface area contributed by atoms with Gasteiger partial charge in [0.05, 0.1) is 11.7 Å². The van der Waals surface area contributed by atoms with Crippen LogP contribution in [0.4, 0.5) is 0 Å². The maximum atomic E-state index is 11.7. The molecule has 7 atom stereocenters. The second-order valence-corrected chi connectivity index (χ2v) is 8.81. The summed E-state index contributed by atoms with van der Waals surface area (Å²) in [6, 6.07) is 0. The molecule has 0 aromatic heterocycles. The number of rotatable bonds is 0. The Bertz CT molecular complexity index is 535. The number of carbonyl (C=O) groups excluding carboxylic acids is 1.